The molecule has 0 aliphatic rings. The van der Waals surface area contributed by atoms with Crippen LogP contribution in [0, 0.1) is 0 Å². The van der Waals surface area contributed by atoms with E-state index in [1.807, 2.05) is 6.92 Å². The van der Waals surface area contributed by atoms with E-state index in [0.717, 1.165) is 6.42 Å². The van der Waals surface area contributed by atoms with E-state index in [1.165, 1.54) is 23.9 Å². The van der Waals surface area contributed by atoms with Crippen LogP contribution in [0.15, 0.2) is 23.1 Å². The number of alkyl halides is 3. The molecule has 2 unspecified atom stereocenters. The van der Waals surface area contributed by atoms with Crippen molar-refractivity contribution in [3.8, 4) is 0 Å². The molecule has 0 saturated carbocycles. The van der Waals surface area contributed by atoms with Gasteiger partial charge in [-0.3, -0.25) is 0 Å². The first-order valence-electron chi connectivity index (χ1n) is 7.01. The Labute approximate surface area is 128 Å². The summed E-state index contributed by atoms with van der Waals surface area (Å²) >= 11 is 1.25. The lowest BCUT2D eigenvalue weighted by molar-refractivity contribution is -0.138. The number of halogens is 3. The number of rotatable bonds is 7. The van der Waals surface area contributed by atoms with Crippen molar-refractivity contribution in [2.24, 2.45) is 0 Å². The molecule has 0 fully saturated rings. The van der Waals surface area contributed by atoms with Gasteiger partial charge in [0.25, 0.3) is 0 Å². The third-order valence-electron chi connectivity index (χ3n) is 3.13. The molecule has 0 radical (unpaired) electrons. The monoisotopic (exact) mass is 321 g/mol. The predicted octanol–water partition coefficient (Wildman–Crippen LogP) is 4.07. The van der Waals surface area contributed by atoms with Crippen molar-refractivity contribution >= 4 is 11.8 Å². The maximum Gasteiger partial charge on any atom is 0.416 e. The Morgan fingerprint density at radius 1 is 1.29 bits per heavy atom. The summed E-state index contributed by atoms with van der Waals surface area (Å²) < 4.78 is 39.4. The summed E-state index contributed by atoms with van der Waals surface area (Å²) in [5, 5.41) is 12.3. The largest absolute Gasteiger partial charge is 0.416 e. The summed E-state index contributed by atoms with van der Waals surface area (Å²) in [6, 6.07) is 4.37. The molecule has 0 bridgehead atoms. The molecule has 120 valence electrons. The Morgan fingerprint density at radius 3 is 2.48 bits per heavy atom. The van der Waals surface area contributed by atoms with Gasteiger partial charge in [-0.1, -0.05) is 19.9 Å². The average Bonchev–Trinajstić information content (AvgIpc) is 2.39. The highest BCUT2D eigenvalue weighted by molar-refractivity contribution is 8.00. The Balaban J connectivity index is 2.96. The van der Waals surface area contributed by atoms with Gasteiger partial charge in [-0.2, -0.15) is 13.2 Å². The molecular weight excluding hydrogens is 299 g/mol. The second-order valence-corrected chi connectivity index (χ2v) is 6.51. The number of nitrogens with one attached hydrogen (secondary N) is 1. The molecule has 1 aromatic carbocycles. The number of hydrogen-bond acceptors (Lipinski definition) is 3. The lowest BCUT2D eigenvalue weighted by atomic mass is 10.1. The fraction of sp³-hybridized carbons (Fsp3) is 0.600. The topological polar surface area (TPSA) is 32.3 Å². The van der Waals surface area contributed by atoms with E-state index in [1.54, 1.807) is 19.9 Å². The molecule has 1 aromatic rings. The van der Waals surface area contributed by atoms with Crippen LogP contribution >= 0.6 is 11.8 Å². The first-order chi connectivity index (χ1) is 9.75. The maximum atomic E-state index is 13.1. The van der Waals surface area contributed by atoms with Crippen molar-refractivity contribution in [3.05, 3.63) is 29.3 Å². The molecular formula is C15H22F3NOS. The Morgan fingerprint density at radius 2 is 1.95 bits per heavy atom. The van der Waals surface area contributed by atoms with Crippen molar-refractivity contribution in [3.63, 3.8) is 0 Å². The highest BCUT2D eigenvalue weighted by Gasteiger charge is 2.33. The van der Waals surface area contributed by atoms with Crippen LogP contribution in [-0.4, -0.2) is 23.0 Å². The normalized spacial score (nSPS) is 15.0. The summed E-state index contributed by atoms with van der Waals surface area (Å²) in [6.07, 6.45) is -4.06. The van der Waals surface area contributed by atoms with Gasteiger partial charge in [-0.05, 0) is 37.6 Å². The molecule has 0 saturated heterocycles. The van der Waals surface area contributed by atoms with E-state index in [-0.39, 0.29) is 17.4 Å². The maximum absolute atomic E-state index is 13.1. The molecule has 6 heteroatoms. The molecule has 2 atom stereocenters. The summed E-state index contributed by atoms with van der Waals surface area (Å²) in [6.45, 7) is 6.28. The van der Waals surface area contributed by atoms with E-state index in [2.05, 4.69) is 5.32 Å². The number of thioether (sulfide) groups is 1. The van der Waals surface area contributed by atoms with E-state index in [4.69, 9.17) is 0 Å². The van der Waals surface area contributed by atoms with Crippen molar-refractivity contribution in [2.45, 2.75) is 56.2 Å². The Bertz CT molecular complexity index is 449. The van der Waals surface area contributed by atoms with Crippen LogP contribution in [-0.2, 0) is 12.7 Å². The highest BCUT2D eigenvalue weighted by Crippen LogP contribution is 2.36. The number of hydrogen-bond donors (Lipinski definition) is 2. The first kappa shape index (κ1) is 18.3. The van der Waals surface area contributed by atoms with Crippen molar-refractivity contribution in [1.29, 1.82) is 0 Å². The summed E-state index contributed by atoms with van der Waals surface area (Å²) in [7, 11) is 0. The van der Waals surface area contributed by atoms with Crippen LogP contribution in [0.4, 0.5) is 13.2 Å². The lowest BCUT2D eigenvalue weighted by Gasteiger charge is -2.18. The minimum atomic E-state index is -4.37. The number of benzene rings is 1. The lowest BCUT2D eigenvalue weighted by Crippen LogP contribution is -2.18. The average molecular weight is 321 g/mol. The van der Waals surface area contributed by atoms with Gasteiger partial charge in [-0.25, -0.2) is 0 Å². The van der Waals surface area contributed by atoms with E-state index in [0.29, 0.717) is 11.4 Å². The summed E-state index contributed by atoms with van der Waals surface area (Å²) in [5.41, 5.74) is -0.348. The van der Waals surface area contributed by atoms with Gasteiger partial charge in [0, 0.05) is 16.7 Å². The van der Waals surface area contributed by atoms with Gasteiger partial charge >= 0.3 is 6.18 Å². The second-order valence-electron chi connectivity index (χ2n) is 5.06. The van der Waals surface area contributed by atoms with E-state index in [9.17, 15) is 18.3 Å². The van der Waals surface area contributed by atoms with Crippen LogP contribution < -0.4 is 5.32 Å². The molecule has 0 amide bonds. The fourth-order valence-corrected chi connectivity index (χ4v) is 2.72. The van der Waals surface area contributed by atoms with Crippen LogP contribution in [0.2, 0.25) is 0 Å². The highest BCUT2D eigenvalue weighted by atomic mass is 32.2. The molecule has 1 rings (SSSR count). The molecule has 0 aliphatic carbocycles. The molecule has 2 nitrogen and oxygen atoms in total. The van der Waals surface area contributed by atoms with Crippen molar-refractivity contribution in [2.75, 3.05) is 6.54 Å². The van der Waals surface area contributed by atoms with Crippen LogP contribution in [0.5, 0.6) is 0 Å². The number of aliphatic hydroxyl groups excluding tert-OH is 1. The summed E-state index contributed by atoms with van der Waals surface area (Å²) in [5.74, 6) is 0. The SMILES string of the molecule is CCCNCc1ccc(SC(C)C(C)O)cc1C(F)(F)F. The smallest absolute Gasteiger partial charge is 0.392 e. The van der Waals surface area contributed by atoms with Crippen LogP contribution in [0.3, 0.4) is 0 Å². The third-order valence-corrected chi connectivity index (χ3v) is 4.42. The van der Waals surface area contributed by atoms with E-state index < -0.39 is 17.8 Å². The van der Waals surface area contributed by atoms with Crippen LogP contribution in [0.1, 0.15) is 38.3 Å². The summed E-state index contributed by atoms with van der Waals surface area (Å²) in [4.78, 5) is 0.523. The van der Waals surface area contributed by atoms with Crippen molar-refractivity contribution < 1.29 is 18.3 Å². The number of aliphatic hydroxyl groups is 1. The Kier molecular flexibility index (Phi) is 7.03. The Hall–Kier alpha value is -0.720. The van der Waals surface area contributed by atoms with Crippen molar-refractivity contribution in [1.82, 2.24) is 5.32 Å². The zero-order valence-electron chi connectivity index (χ0n) is 12.5. The van der Waals surface area contributed by atoms with Gasteiger partial charge in [-0.15, -0.1) is 11.8 Å². The molecule has 2 N–H and O–H groups in total. The fourth-order valence-electron chi connectivity index (χ4n) is 1.76. The van der Waals surface area contributed by atoms with Crippen LogP contribution in [0.25, 0.3) is 0 Å². The molecule has 0 heterocycles. The van der Waals surface area contributed by atoms with Gasteiger partial charge in [0.15, 0.2) is 0 Å². The minimum Gasteiger partial charge on any atom is -0.392 e. The second kappa shape index (κ2) is 8.06. The van der Waals surface area contributed by atoms with Gasteiger partial charge in [0.05, 0.1) is 11.7 Å². The van der Waals surface area contributed by atoms with Gasteiger partial charge < -0.3 is 10.4 Å². The molecule has 0 aromatic heterocycles. The predicted molar refractivity (Wildman–Crippen MR) is 80.4 cm³/mol. The minimum absolute atomic E-state index is 0.157. The molecule has 0 spiro atoms. The van der Waals surface area contributed by atoms with Gasteiger partial charge in [0.1, 0.15) is 0 Å². The quantitative estimate of drug-likeness (QED) is 0.586. The zero-order valence-corrected chi connectivity index (χ0v) is 13.3. The van der Waals surface area contributed by atoms with E-state index >= 15 is 0 Å². The molecule has 21 heavy (non-hydrogen) atoms. The zero-order chi connectivity index (χ0) is 16.0. The standard InChI is InChI=1S/C15H22F3NOS/c1-4-7-19-9-12-5-6-13(21-11(3)10(2)20)8-14(12)15(16,17)18/h5-6,8,10-11,19-20H,4,7,9H2,1-3H3. The first-order valence-corrected chi connectivity index (χ1v) is 7.89. The third kappa shape index (κ3) is 5.88. The molecule has 0 aliphatic heterocycles. The van der Waals surface area contributed by atoms with Gasteiger partial charge in [0.2, 0.25) is 0 Å².